The Morgan fingerprint density at radius 3 is 2.97 bits per heavy atom. The molecule has 0 aliphatic heterocycles. The number of nitrogens with zero attached hydrogens (tertiary/aromatic N) is 2. The standard InChI is InChI=1S/C22H24N4O2S/c1-3-4-11-26-13-25-21-18(22(26)28)14(2)19(29-21)20(27)23-10-9-15-12-24-17-8-6-5-7-16(15)17/h5-8,12-13,24H,3-4,9-11H2,1-2H3,(H,23,27). The minimum Gasteiger partial charge on any atom is -0.361 e. The van der Waals surface area contributed by atoms with Gasteiger partial charge < -0.3 is 10.3 Å². The van der Waals surface area contributed by atoms with E-state index in [0.29, 0.717) is 28.2 Å². The number of aromatic nitrogens is 3. The quantitative estimate of drug-likeness (QED) is 0.485. The third-order valence-electron chi connectivity index (χ3n) is 5.23. The summed E-state index contributed by atoms with van der Waals surface area (Å²) < 4.78 is 1.64. The molecule has 29 heavy (non-hydrogen) atoms. The molecule has 0 fully saturated rings. The largest absolute Gasteiger partial charge is 0.361 e. The first-order valence-corrected chi connectivity index (χ1v) is 10.7. The van der Waals surface area contributed by atoms with E-state index >= 15 is 0 Å². The smallest absolute Gasteiger partial charge is 0.262 e. The van der Waals surface area contributed by atoms with Crippen LogP contribution in [0.4, 0.5) is 0 Å². The third-order valence-corrected chi connectivity index (χ3v) is 6.43. The maximum Gasteiger partial charge on any atom is 0.262 e. The molecule has 0 unspecified atom stereocenters. The van der Waals surface area contributed by atoms with Gasteiger partial charge in [0, 0.05) is 30.2 Å². The monoisotopic (exact) mass is 408 g/mol. The summed E-state index contributed by atoms with van der Waals surface area (Å²) in [5.41, 5.74) is 2.93. The van der Waals surface area contributed by atoms with Crippen LogP contribution in [0, 0.1) is 6.92 Å². The molecule has 3 aromatic heterocycles. The summed E-state index contributed by atoms with van der Waals surface area (Å²) in [5.74, 6) is -0.148. The topological polar surface area (TPSA) is 79.8 Å². The molecule has 0 spiro atoms. The number of nitrogens with one attached hydrogen (secondary N) is 2. The van der Waals surface area contributed by atoms with Gasteiger partial charge in [0.2, 0.25) is 0 Å². The number of aryl methyl sites for hydroxylation is 2. The molecule has 0 saturated carbocycles. The lowest BCUT2D eigenvalue weighted by atomic mass is 10.1. The van der Waals surface area contributed by atoms with Crippen LogP contribution in [-0.2, 0) is 13.0 Å². The van der Waals surface area contributed by atoms with Gasteiger partial charge in [-0.25, -0.2) is 4.98 Å². The molecule has 150 valence electrons. The first kappa shape index (κ1) is 19.4. The number of fused-ring (bicyclic) bond motifs is 2. The molecule has 0 radical (unpaired) electrons. The SMILES string of the molecule is CCCCn1cnc2sc(C(=O)NCCc3c[nH]c4ccccc34)c(C)c2c1=O. The molecule has 1 amide bonds. The molecule has 0 saturated heterocycles. The van der Waals surface area contributed by atoms with Crippen molar-refractivity contribution < 1.29 is 4.79 Å². The fourth-order valence-electron chi connectivity index (χ4n) is 3.59. The third kappa shape index (κ3) is 3.70. The van der Waals surface area contributed by atoms with Gasteiger partial charge in [0.25, 0.3) is 11.5 Å². The number of unbranched alkanes of at least 4 members (excludes halogenated alkanes) is 1. The number of hydrogen-bond donors (Lipinski definition) is 2. The van der Waals surface area contributed by atoms with Crippen LogP contribution in [0.1, 0.15) is 40.6 Å². The van der Waals surface area contributed by atoms with Crippen LogP contribution in [0.3, 0.4) is 0 Å². The number of benzene rings is 1. The normalized spacial score (nSPS) is 11.4. The molecule has 2 N–H and O–H groups in total. The number of H-pyrrole nitrogens is 1. The molecule has 4 rings (SSSR count). The molecule has 0 aliphatic carbocycles. The van der Waals surface area contributed by atoms with Crippen molar-refractivity contribution in [1.29, 1.82) is 0 Å². The zero-order valence-corrected chi connectivity index (χ0v) is 17.4. The van der Waals surface area contributed by atoms with Crippen LogP contribution < -0.4 is 10.9 Å². The first-order chi connectivity index (χ1) is 14.1. The Labute approximate surface area is 172 Å². The Balaban J connectivity index is 1.50. The lowest BCUT2D eigenvalue weighted by Crippen LogP contribution is -2.25. The fraction of sp³-hybridized carbons (Fsp3) is 0.318. The van der Waals surface area contributed by atoms with E-state index in [2.05, 4.69) is 28.3 Å². The molecule has 4 aromatic rings. The highest BCUT2D eigenvalue weighted by molar-refractivity contribution is 7.20. The number of aromatic amines is 1. The highest BCUT2D eigenvalue weighted by Crippen LogP contribution is 2.26. The van der Waals surface area contributed by atoms with E-state index in [9.17, 15) is 9.59 Å². The van der Waals surface area contributed by atoms with Gasteiger partial charge in [-0.1, -0.05) is 31.5 Å². The summed E-state index contributed by atoms with van der Waals surface area (Å²) in [7, 11) is 0. The number of hydrogen-bond acceptors (Lipinski definition) is 4. The van der Waals surface area contributed by atoms with E-state index in [1.54, 1.807) is 10.9 Å². The maximum absolute atomic E-state index is 12.8. The van der Waals surface area contributed by atoms with Gasteiger partial charge in [0.1, 0.15) is 4.83 Å². The van der Waals surface area contributed by atoms with Gasteiger partial charge in [0.15, 0.2) is 0 Å². The van der Waals surface area contributed by atoms with Crippen LogP contribution >= 0.6 is 11.3 Å². The van der Waals surface area contributed by atoms with E-state index in [1.807, 2.05) is 31.3 Å². The maximum atomic E-state index is 12.8. The molecule has 0 bridgehead atoms. The van der Waals surface area contributed by atoms with E-state index in [4.69, 9.17) is 0 Å². The Morgan fingerprint density at radius 2 is 2.14 bits per heavy atom. The van der Waals surface area contributed by atoms with Crippen LogP contribution in [-0.4, -0.2) is 27.0 Å². The van der Waals surface area contributed by atoms with Gasteiger partial charge >= 0.3 is 0 Å². The second-order valence-corrected chi connectivity index (χ2v) is 8.20. The summed E-state index contributed by atoms with van der Waals surface area (Å²) >= 11 is 1.29. The molecular formula is C22H24N4O2S. The van der Waals surface area contributed by atoms with Crippen LogP contribution in [0.25, 0.3) is 21.1 Å². The predicted octanol–water partition coefficient (Wildman–Crippen LogP) is 4.02. The molecule has 3 heterocycles. The second kappa shape index (κ2) is 8.21. The number of thiophene rings is 1. The van der Waals surface area contributed by atoms with Gasteiger partial charge in [-0.2, -0.15) is 0 Å². The highest BCUT2D eigenvalue weighted by Gasteiger charge is 2.19. The number of para-hydroxylation sites is 1. The molecule has 7 heteroatoms. The Kier molecular flexibility index (Phi) is 5.49. The molecule has 0 aliphatic rings. The van der Waals surface area contributed by atoms with Crippen molar-refractivity contribution in [2.75, 3.05) is 6.54 Å². The number of rotatable bonds is 7. The predicted molar refractivity (Wildman–Crippen MR) is 118 cm³/mol. The summed E-state index contributed by atoms with van der Waals surface area (Å²) in [4.78, 5) is 34.4. The number of carbonyl (C=O) groups excluding carboxylic acids is 1. The summed E-state index contributed by atoms with van der Waals surface area (Å²) in [5, 5.41) is 4.74. The van der Waals surface area contributed by atoms with Crippen molar-refractivity contribution >= 4 is 38.4 Å². The minimum absolute atomic E-state index is 0.0601. The molecule has 6 nitrogen and oxygen atoms in total. The van der Waals surface area contributed by atoms with Crippen molar-refractivity contribution in [3.8, 4) is 0 Å². The number of amides is 1. The van der Waals surface area contributed by atoms with Gasteiger partial charge in [-0.05, 0) is 37.0 Å². The molecule has 0 atom stereocenters. The Bertz CT molecular complexity index is 1230. The van der Waals surface area contributed by atoms with Crippen molar-refractivity contribution in [2.45, 2.75) is 39.7 Å². The summed E-state index contributed by atoms with van der Waals surface area (Å²) in [6, 6.07) is 8.13. The molecular weight excluding hydrogens is 384 g/mol. The molecule has 1 aromatic carbocycles. The van der Waals surface area contributed by atoms with Crippen LogP contribution in [0.5, 0.6) is 0 Å². The Hall–Kier alpha value is -2.93. The van der Waals surface area contributed by atoms with Gasteiger partial charge in [-0.3, -0.25) is 14.2 Å². The average molecular weight is 409 g/mol. The van der Waals surface area contributed by atoms with Crippen molar-refractivity contribution in [1.82, 2.24) is 19.9 Å². The minimum atomic E-state index is -0.148. The van der Waals surface area contributed by atoms with Gasteiger partial charge in [-0.15, -0.1) is 11.3 Å². The van der Waals surface area contributed by atoms with E-state index in [1.165, 1.54) is 22.3 Å². The van der Waals surface area contributed by atoms with E-state index < -0.39 is 0 Å². The van der Waals surface area contributed by atoms with Crippen LogP contribution in [0.2, 0.25) is 0 Å². The lowest BCUT2D eigenvalue weighted by Gasteiger charge is -2.05. The van der Waals surface area contributed by atoms with Crippen molar-refractivity contribution in [2.24, 2.45) is 0 Å². The first-order valence-electron chi connectivity index (χ1n) is 9.92. The number of carbonyl (C=O) groups is 1. The highest BCUT2D eigenvalue weighted by atomic mass is 32.1. The fourth-order valence-corrected chi connectivity index (χ4v) is 4.65. The summed E-state index contributed by atoms with van der Waals surface area (Å²) in [6.07, 6.45) is 6.26. The Morgan fingerprint density at radius 1 is 1.31 bits per heavy atom. The lowest BCUT2D eigenvalue weighted by molar-refractivity contribution is 0.0957. The van der Waals surface area contributed by atoms with Gasteiger partial charge in [0.05, 0.1) is 16.6 Å². The van der Waals surface area contributed by atoms with E-state index in [0.717, 1.165) is 30.3 Å². The zero-order chi connectivity index (χ0) is 20.4. The van der Waals surface area contributed by atoms with Crippen molar-refractivity contribution in [3.05, 3.63) is 63.1 Å². The summed E-state index contributed by atoms with van der Waals surface area (Å²) in [6.45, 7) is 5.11. The second-order valence-electron chi connectivity index (χ2n) is 7.20. The van der Waals surface area contributed by atoms with E-state index in [-0.39, 0.29) is 11.5 Å². The van der Waals surface area contributed by atoms with Crippen molar-refractivity contribution in [3.63, 3.8) is 0 Å². The van der Waals surface area contributed by atoms with Crippen LogP contribution in [0.15, 0.2) is 41.6 Å². The zero-order valence-electron chi connectivity index (χ0n) is 16.6. The average Bonchev–Trinajstić information content (AvgIpc) is 3.29.